The van der Waals surface area contributed by atoms with Crippen molar-refractivity contribution in [3.63, 3.8) is 0 Å². The van der Waals surface area contributed by atoms with Crippen molar-refractivity contribution in [1.29, 1.82) is 0 Å². The molecule has 0 aromatic carbocycles. The lowest BCUT2D eigenvalue weighted by Gasteiger charge is -2.23. The Labute approximate surface area is 109 Å². The van der Waals surface area contributed by atoms with Crippen molar-refractivity contribution >= 4 is 17.8 Å². The molecule has 1 N–H and O–H groups in total. The van der Waals surface area contributed by atoms with Crippen LogP contribution < -0.4 is 15.1 Å². The summed E-state index contributed by atoms with van der Waals surface area (Å²) >= 11 is 0. The van der Waals surface area contributed by atoms with Crippen LogP contribution in [0.15, 0.2) is 0 Å². The predicted molar refractivity (Wildman–Crippen MR) is 67.6 cm³/mol. The summed E-state index contributed by atoms with van der Waals surface area (Å²) in [5.41, 5.74) is 0. The zero-order chi connectivity index (χ0) is 14.6. The van der Waals surface area contributed by atoms with Gasteiger partial charge in [0.1, 0.15) is 6.54 Å². The topological polar surface area (TPSA) is 57.2 Å². The largest absolute Gasteiger partial charge is 0.406 e. The van der Waals surface area contributed by atoms with E-state index in [2.05, 4.69) is 20.3 Å². The van der Waals surface area contributed by atoms with Gasteiger partial charge in [0.05, 0.1) is 0 Å². The maximum atomic E-state index is 12.5. The Morgan fingerprint density at radius 2 is 1.68 bits per heavy atom. The maximum Gasteiger partial charge on any atom is 0.406 e. The van der Waals surface area contributed by atoms with Crippen LogP contribution in [0, 0.1) is 0 Å². The summed E-state index contributed by atoms with van der Waals surface area (Å²) in [5.74, 6) is 0.534. The molecule has 1 rings (SSSR count). The summed E-state index contributed by atoms with van der Waals surface area (Å²) in [5, 5.41) is 2.71. The van der Waals surface area contributed by atoms with E-state index < -0.39 is 12.7 Å². The number of halogens is 3. The molecule has 1 heterocycles. The zero-order valence-corrected chi connectivity index (χ0v) is 11.3. The molecule has 1 aromatic rings. The van der Waals surface area contributed by atoms with Crippen LogP contribution in [-0.4, -0.2) is 55.4 Å². The van der Waals surface area contributed by atoms with Gasteiger partial charge in [-0.25, -0.2) is 0 Å². The Kier molecular flexibility index (Phi) is 4.73. The van der Waals surface area contributed by atoms with Gasteiger partial charge in [-0.15, -0.1) is 0 Å². The van der Waals surface area contributed by atoms with Gasteiger partial charge in [0, 0.05) is 27.7 Å². The van der Waals surface area contributed by atoms with Crippen LogP contribution in [0.3, 0.4) is 0 Å². The zero-order valence-electron chi connectivity index (χ0n) is 11.3. The van der Waals surface area contributed by atoms with E-state index in [1.807, 2.05) is 0 Å². The van der Waals surface area contributed by atoms with Gasteiger partial charge < -0.3 is 15.1 Å². The average Bonchev–Trinajstić information content (AvgIpc) is 2.34. The van der Waals surface area contributed by atoms with Crippen molar-refractivity contribution < 1.29 is 13.2 Å². The Balaban J connectivity index is 3.12. The van der Waals surface area contributed by atoms with Crippen LogP contribution in [0.2, 0.25) is 0 Å². The minimum absolute atomic E-state index is 0.00266. The lowest BCUT2D eigenvalue weighted by Crippen LogP contribution is -2.35. The van der Waals surface area contributed by atoms with Crippen LogP contribution >= 0.6 is 0 Å². The highest BCUT2D eigenvalue weighted by molar-refractivity contribution is 5.44. The maximum absolute atomic E-state index is 12.5. The molecule has 1 aromatic heterocycles. The van der Waals surface area contributed by atoms with Crippen LogP contribution in [0.25, 0.3) is 0 Å². The quantitative estimate of drug-likeness (QED) is 0.878. The number of hydrogen-bond acceptors (Lipinski definition) is 6. The van der Waals surface area contributed by atoms with E-state index >= 15 is 0 Å². The normalized spacial score (nSPS) is 11.3. The average molecular weight is 278 g/mol. The van der Waals surface area contributed by atoms with E-state index in [4.69, 9.17) is 0 Å². The molecule has 0 fully saturated rings. The first-order valence-corrected chi connectivity index (χ1v) is 5.69. The molecular formula is C10H17F3N6. The monoisotopic (exact) mass is 278 g/mol. The Bertz CT molecular complexity index is 420. The van der Waals surface area contributed by atoms with E-state index in [1.54, 1.807) is 33.0 Å². The van der Waals surface area contributed by atoms with Crippen molar-refractivity contribution in [1.82, 2.24) is 15.0 Å². The van der Waals surface area contributed by atoms with Gasteiger partial charge in [0.15, 0.2) is 0 Å². The molecule has 0 radical (unpaired) electrons. The molecule has 0 atom stereocenters. The van der Waals surface area contributed by atoms with E-state index in [-0.39, 0.29) is 18.4 Å². The third-order valence-electron chi connectivity index (χ3n) is 2.27. The van der Waals surface area contributed by atoms with Crippen LogP contribution in [0.4, 0.5) is 31.0 Å². The molecule has 0 unspecified atom stereocenters. The Morgan fingerprint density at radius 1 is 1.11 bits per heavy atom. The van der Waals surface area contributed by atoms with Gasteiger partial charge in [-0.3, -0.25) is 0 Å². The van der Waals surface area contributed by atoms with E-state index in [9.17, 15) is 13.2 Å². The standard InChI is InChI=1S/C10H17F3N6/c1-5-19(6-10(11,12)13)9-16-7(14-2)15-8(17-9)18(3)4/h5-6H2,1-4H3,(H,14,15,16,17). The van der Waals surface area contributed by atoms with Gasteiger partial charge in [0.2, 0.25) is 17.8 Å². The molecule has 0 aliphatic carbocycles. The molecule has 0 aliphatic heterocycles. The highest BCUT2D eigenvalue weighted by atomic mass is 19.4. The fraction of sp³-hybridized carbons (Fsp3) is 0.700. The van der Waals surface area contributed by atoms with Crippen molar-refractivity contribution in [3.8, 4) is 0 Å². The minimum Gasteiger partial charge on any atom is -0.357 e. The predicted octanol–water partition coefficient (Wildman–Crippen LogP) is 1.37. The highest BCUT2D eigenvalue weighted by Crippen LogP contribution is 2.21. The molecule has 19 heavy (non-hydrogen) atoms. The van der Waals surface area contributed by atoms with E-state index in [0.717, 1.165) is 4.90 Å². The second kappa shape index (κ2) is 5.89. The first-order valence-electron chi connectivity index (χ1n) is 5.69. The fourth-order valence-corrected chi connectivity index (χ4v) is 1.35. The molecule has 0 saturated carbocycles. The Hall–Kier alpha value is -1.80. The number of anilines is 3. The molecule has 108 valence electrons. The summed E-state index contributed by atoms with van der Waals surface area (Å²) in [6, 6.07) is 0. The summed E-state index contributed by atoms with van der Waals surface area (Å²) in [7, 11) is 5.01. The second-order valence-corrected chi connectivity index (χ2v) is 4.03. The molecule has 0 saturated heterocycles. The molecule has 0 spiro atoms. The second-order valence-electron chi connectivity index (χ2n) is 4.03. The van der Waals surface area contributed by atoms with E-state index in [1.165, 1.54) is 0 Å². The van der Waals surface area contributed by atoms with Crippen LogP contribution in [-0.2, 0) is 0 Å². The van der Waals surface area contributed by atoms with Gasteiger partial charge in [-0.1, -0.05) is 0 Å². The summed E-state index contributed by atoms with van der Waals surface area (Å²) in [4.78, 5) is 14.7. The third kappa shape index (κ3) is 4.42. The van der Waals surface area contributed by atoms with Crippen molar-refractivity contribution in [2.45, 2.75) is 13.1 Å². The molecule has 9 heteroatoms. The fourth-order valence-electron chi connectivity index (χ4n) is 1.35. The van der Waals surface area contributed by atoms with Gasteiger partial charge in [-0.05, 0) is 6.92 Å². The molecule has 0 aliphatic rings. The molecule has 0 amide bonds. The third-order valence-corrected chi connectivity index (χ3v) is 2.27. The van der Waals surface area contributed by atoms with Gasteiger partial charge in [-0.2, -0.15) is 28.1 Å². The van der Waals surface area contributed by atoms with Crippen molar-refractivity contribution in [2.75, 3.05) is 49.3 Å². The van der Waals surface area contributed by atoms with Crippen molar-refractivity contribution in [2.24, 2.45) is 0 Å². The smallest absolute Gasteiger partial charge is 0.357 e. The summed E-state index contributed by atoms with van der Waals surface area (Å²) < 4.78 is 37.4. The molecular weight excluding hydrogens is 261 g/mol. The minimum atomic E-state index is -4.30. The number of nitrogens with zero attached hydrogens (tertiary/aromatic N) is 5. The molecule has 6 nitrogen and oxygen atoms in total. The Morgan fingerprint density at radius 3 is 2.11 bits per heavy atom. The summed E-state index contributed by atoms with van der Waals surface area (Å²) in [6.45, 7) is 0.674. The number of rotatable bonds is 5. The van der Waals surface area contributed by atoms with Crippen LogP contribution in [0.1, 0.15) is 6.92 Å². The first-order chi connectivity index (χ1) is 8.76. The first kappa shape index (κ1) is 15.3. The number of nitrogens with one attached hydrogen (secondary N) is 1. The van der Waals surface area contributed by atoms with Crippen molar-refractivity contribution in [3.05, 3.63) is 0 Å². The van der Waals surface area contributed by atoms with E-state index in [0.29, 0.717) is 5.95 Å². The number of hydrogen-bond donors (Lipinski definition) is 1. The number of aromatic nitrogens is 3. The SMILES string of the molecule is CCN(CC(F)(F)F)c1nc(NC)nc(N(C)C)n1. The number of alkyl halides is 3. The lowest BCUT2D eigenvalue weighted by atomic mass is 10.5. The van der Waals surface area contributed by atoms with Crippen LogP contribution in [0.5, 0.6) is 0 Å². The highest BCUT2D eigenvalue weighted by Gasteiger charge is 2.31. The lowest BCUT2D eigenvalue weighted by molar-refractivity contribution is -0.119. The molecule has 0 bridgehead atoms. The van der Waals surface area contributed by atoms with Gasteiger partial charge >= 0.3 is 6.18 Å². The van der Waals surface area contributed by atoms with Gasteiger partial charge in [0.25, 0.3) is 0 Å². The summed E-state index contributed by atoms with van der Waals surface area (Å²) in [6.07, 6.45) is -4.30.